The van der Waals surface area contributed by atoms with Crippen LogP contribution >= 0.6 is 11.6 Å². The maximum atomic E-state index is 13.0. The molecule has 0 heterocycles. The molecule has 0 radical (unpaired) electrons. The molecule has 0 aliphatic carbocycles. The van der Waals surface area contributed by atoms with Crippen LogP contribution < -0.4 is 0 Å². The third kappa shape index (κ3) is 3.00. The fourth-order valence-corrected chi connectivity index (χ4v) is 3.42. The lowest BCUT2D eigenvalue weighted by atomic mass is 10.2. The van der Waals surface area contributed by atoms with Crippen molar-refractivity contribution in [1.82, 2.24) is 0 Å². The van der Waals surface area contributed by atoms with Crippen molar-refractivity contribution >= 4 is 27.4 Å². The average molecular weight is 295 g/mol. The van der Waals surface area contributed by atoms with Crippen LogP contribution in [0.5, 0.6) is 0 Å². The molecule has 0 saturated carbocycles. The molecule has 0 spiro atoms. The van der Waals surface area contributed by atoms with E-state index in [0.717, 1.165) is 18.2 Å². The zero-order valence-electron chi connectivity index (χ0n) is 9.56. The van der Waals surface area contributed by atoms with E-state index >= 15 is 0 Å². The van der Waals surface area contributed by atoms with Crippen LogP contribution in [0.1, 0.15) is 19.8 Å². The van der Waals surface area contributed by atoms with Gasteiger partial charge in [0.05, 0.1) is 9.92 Å². The summed E-state index contributed by atoms with van der Waals surface area (Å²) in [5, 5.41) is 7.05. The molecule has 0 saturated heterocycles. The Morgan fingerprint density at radius 3 is 2.56 bits per heavy atom. The summed E-state index contributed by atoms with van der Waals surface area (Å²) in [6, 6.07) is 2.85. The topological polar surface area (TPSA) is 71.4 Å². The Morgan fingerprint density at radius 1 is 1.50 bits per heavy atom. The largest absolute Gasteiger partial charge is 0.480 e. The van der Waals surface area contributed by atoms with Gasteiger partial charge in [0.1, 0.15) is 5.82 Å². The Morgan fingerprint density at radius 2 is 2.11 bits per heavy atom. The molecule has 100 valence electrons. The summed E-state index contributed by atoms with van der Waals surface area (Å²) in [6.45, 7) is 1.68. The number of carboxylic acids is 1. The third-order valence-corrected chi connectivity index (χ3v) is 4.81. The molecule has 1 N–H and O–H groups in total. The van der Waals surface area contributed by atoms with E-state index < -0.39 is 26.9 Å². The monoisotopic (exact) mass is 294 g/mol. The summed E-state index contributed by atoms with van der Waals surface area (Å²) < 4.78 is 37.1. The number of rotatable bonds is 5. The van der Waals surface area contributed by atoms with Gasteiger partial charge in [0.15, 0.2) is 15.1 Å². The zero-order valence-corrected chi connectivity index (χ0v) is 11.1. The predicted molar refractivity (Wildman–Crippen MR) is 64.9 cm³/mol. The highest BCUT2D eigenvalue weighted by Crippen LogP contribution is 2.24. The van der Waals surface area contributed by atoms with Crippen LogP contribution in [0, 0.1) is 5.82 Å². The Balaban J connectivity index is 3.26. The smallest absolute Gasteiger partial charge is 0.322 e. The summed E-state index contributed by atoms with van der Waals surface area (Å²) in [6.07, 6.45) is 0.401. The standard InChI is InChI=1S/C11H12ClFO4S/c1-2-3-10(11(14)15)18(16,17)7-4-5-9(13)8(12)6-7/h4-6,10H,2-3H2,1H3,(H,14,15). The van der Waals surface area contributed by atoms with E-state index in [-0.39, 0.29) is 16.3 Å². The molecule has 0 bridgehead atoms. The van der Waals surface area contributed by atoms with Crippen molar-refractivity contribution in [1.29, 1.82) is 0 Å². The normalized spacial score (nSPS) is 13.3. The number of carbonyl (C=O) groups is 1. The Labute approximate surface area is 109 Å². The fourth-order valence-electron chi connectivity index (χ4n) is 1.49. The van der Waals surface area contributed by atoms with Crippen molar-refractivity contribution in [3.63, 3.8) is 0 Å². The van der Waals surface area contributed by atoms with E-state index in [1.807, 2.05) is 0 Å². The van der Waals surface area contributed by atoms with Gasteiger partial charge in [-0.3, -0.25) is 4.79 Å². The molecular formula is C11H12ClFO4S. The molecule has 1 aromatic carbocycles. The van der Waals surface area contributed by atoms with E-state index in [9.17, 15) is 17.6 Å². The van der Waals surface area contributed by atoms with E-state index in [0.29, 0.717) is 6.42 Å². The van der Waals surface area contributed by atoms with E-state index in [2.05, 4.69) is 0 Å². The Hall–Kier alpha value is -1.14. The lowest BCUT2D eigenvalue weighted by Crippen LogP contribution is -2.30. The first kappa shape index (κ1) is 14.9. The first-order valence-electron chi connectivity index (χ1n) is 5.22. The second-order valence-corrected chi connectivity index (χ2v) is 6.27. The van der Waals surface area contributed by atoms with Crippen LogP contribution in [0.2, 0.25) is 5.02 Å². The molecule has 1 rings (SSSR count). The van der Waals surface area contributed by atoms with Crippen molar-refractivity contribution in [2.45, 2.75) is 29.9 Å². The third-order valence-electron chi connectivity index (χ3n) is 2.42. The number of halogens is 2. The van der Waals surface area contributed by atoms with Crippen LogP contribution in [-0.4, -0.2) is 24.7 Å². The molecule has 0 fully saturated rings. The summed E-state index contributed by atoms with van der Waals surface area (Å²) in [7, 11) is -4.05. The van der Waals surface area contributed by atoms with Gasteiger partial charge < -0.3 is 5.11 Å². The number of benzene rings is 1. The minimum atomic E-state index is -4.05. The van der Waals surface area contributed by atoms with E-state index in [4.69, 9.17) is 16.7 Å². The van der Waals surface area contributed by atoms with Gasteiger partial charge in [-0.1, -0.05) is 24.9 Å². The summed E-state index contributed by atoms with van der Waals surface area (Å²) in [5.41, 5.74) is 0. The van der Waals surface area contributed by atoms with Crippen molar-refractivity contribution < 1.29 is 22.7 Å². The van der Waals surface area contributed by atoms with Crippen molar-refractivity contribution in [3.05, 3.63) is 29.0 Å². The number of carboxylic acid groups (broad SMARTS) is 1. The van der Waals surface area contributed by atoms with Gasteiger partial charge in [-0.05, 0) is 24.6 Å². The average Bonchev–Trinajstić information content (AvgIpc) is 2.28. The fraction of sp³-hybridized carbons (Fsp3) is 0.364. The van der Waals surface area contributed by atoms with Gasteiger partial charge in [0.25, 0.3) is 0 Å². The zero-order chi connectivity index (χ0) is 13.9. The van der Waals surface area contributed by atoms with Crippen LogP contribution in [0.3, 0.4) is 0 Å². The molecule has 0 amide bonds. The molecule has 1 unspecified atom stereocenters. The second-order valence-electron chi connectivity index (χ2n) is 3.74. The highest BCUT2D eigenvalue weighted by atomic mass is 35.5. The summed E-state index contributed by atoms with van der Waals surface area (Å²) in [5.74, 6) is -2.17. The maximum absolute atomic E-state index is 13.0. The van der Waals surface area contributed by atoms with Crippen molar-refractivity contribution in [2.24, 2.45) is 0 Å². The summed E-state index contributed by atoms with van der Waals surface area (Å²) in [4.78, 5) is 10.7. The molecule has 7 heteroatoms. The minimum absolute atomic E-state index is 0.00728. The van der Waals surface area contributed by atoms with Crippen LogP contribution in [-0.2, 0) is 14.6 Å². The molecule has 18 heavy (non-hydrogen) atoms. The molecule has 1 atom stereocenters. The first-order chi connectivity index (χ1) is 8.30. The molecular weight excluding hydrogens is 283 g/mol. The molecule has 0 aliphatic heterocycles. The van der Waals surface area contributed by atoms with Gasteiger partial charge in [0, 0.05) is 0 Å². The SMILES string of the molecule is CCCC(C(=O)O)S(=O)(=O)c1ccc(F)c(Cl)c1. The van der Waals surface area contributed by atoms with Crippen molar-refractivity contribution in [2.75, 3.05) is 0 Å². The lowest BCUT2D eigenvalue weighted by Gasteiger charge is -2.12. The number of hydrogen-bond donors (Lipinski definition) is 1. The van der Waals surface area contributed by atoms with Crippen molar-refractivity contribution in [3.8, 4) is 0 Å². The quantitative estimate of drug-likeness (QED) is 0.847. The van der Waals surface area contributed by atoms with Gasteiger partial charge in [-0.25, -0.2) is 12.8 Å². The molecule has 1 aromatic rings. The van der Waals surface area contributed by atoms with Crippen LogP contribution in [0.4, 0.5) is 4.39 Å². The maximum Gasteiger partial charge on any atom is 0.322 e. The molecule has 4 nitrogen and oxygen atoms in total. The molecule has 0 aromatic heterocycles. The van der Waals surface area contributed by atoms with Crippen LogP contribution in [0.15, 0.2) is 23.1 Å². The highest BCUT2D eigenvalue weighted by Gasteiger charge is 2.33. The molecule has 0 aliphatic rings. The van der Waals surface area contributed by atoms with E-state index in [1.165, 1.54) is 0 Å². The highest BCUT2D eigenvalue weighted by molar-refractivity contribution is 7.92. The predicted octanol–water partition coefficient (Wildman–Crippen LogP) is 2.51. The Bertz CT molecular complexity index is 556. The summed E-state index contributed by atoms with van der Waals surface area (Å²) >= 11 is 5.49. The van der Waals surface area contributed by atoms with E-state index in [1.54, 1.807) is 6.92 Å². The van der Waals surface area contributed by atoms with Gasteiger partial charge in [0.2, 0.25) is 0 Å². The second kappa shape index (κ2) is 5.67. The number of aliphatic carboxylic acids is 1. The van der Waals surface area contributed by atoms with Gasteiger partial charge in [-0.2, -0.15) is 0 Å². The Kier molecular flexibility index (Phi) is 4.70. The van der Waals surface area contributed by atoms with Crippen LogP contribution in [0.25, 0.3) is 0 Å². The first-order valence-corrected chi connectivity index (χ1v) is 7.15. The lowest BCUT2D eigenvalue weighted by molar-refractivity contribution is -0.136. The number of sulfone groups is 1. The number of hydrogen-bond acceptors (Lipinski definition) is 3. The minimum Gasteiger partial charge on any atom is -0.480 e. The van der Waals surface area contributed by atoms with Gasteiger partial charge >= 0.3 is 5.97 Å². The van der Waals surface area contributed by atoms with Gasteiger partial charge in [-0.15, -0.1) is 0 Å².